The molecular weight excluding hydrogens is 272 g/mol. The van der Waals surface area contributed by atoms with Gasteiger partial charge in [-0.05, 0) is 43.4 Å². The summed E-state index contributed by atoms with van der Waals surface area (Å²) in [5.41, 5.74) is 3.15. The molecule has 0 N–H and O–H groups in total. The Balaban J connectivity index is 1.49. The SMILES string of the molecule is CCN1CCN(C(=O)C2CC23CCCc2ccccc23)CC1. The van der Waals surface area contributed by atoms with Crippen LogP contribution in [-0.2, 0) is 16.6 Å². The van der Waals surface area contributed by atoms with E-state index in [-0.39, 0.29) is 11.3 Å². The molecule has 1 saturated heterocycles. The molecule has 2 fully saturated rings. The highest BCUT2D eigenvalue weighted by Crippen LogP contribution is 2.60. The molecule has 118 valence electrons. The van der Waals surface area contributed by atoms with Gasteiger partial charge in [0.25, 0.3) is 0 Å². The Hall–Kier alpha value is -1.35. The molecule has 0 bridgehead atoms. The predicted molar refractivity (Wildman–Crippen MR) is 87.9 cm³/mol. The molecule has 0 aromatic heterocycles. The zero-order valence-electron chi connectivity index (χ0n) is 13.6. The fourth-order valence-corrected chi connectivity index (χ4v) is 4.66. The number of carbonyl (C=O) groups is 1. The summed E-state index contributed by atoms with van der Waals surface area (Å²) in [6.07, 6.45) is 4.71. The van der Waals surface area contributed by atoms with Crippen LogP contribution >= 0.6 is 0 Å². The molecule has 22 heavy (non-hydrogen) atoms. The summed E-state index contributed by atoms with van der Waals surface area (Å²) in [5, 5.41) is 0. The van der Waals surface area contributed by atoms with Crippen LogP contribution in [0, 0.1) is 5.92 Å². The molecule has 3 aliphatic rings. The molecule has 1 amide bonds. The van der Waals surface area contributed by atoms with Crippen LogP contribution in [0.2, 0.25) is 0 Å². The Kier molecular flexibility index (Phi) is 3.48. The number of benzene rings is 1. The van der Waals surface area contributed by atoms with Gasteiger partial charge in [-0.25, -0.2) is 0 Å². The second kappa shape index (κ2) is 5.38. The van der Waals surface area contributed by atoms with Crippen molar-refractivity contribution in [3.05, 3.63) is 35.4 Å². The molecule has 1 aliphatic heterocycles. The molecule has 2 aliphatic carbocycles. The number of aryl methyl sites for hydroxylation is 1. The van der Waals surface area contributed by atoms with Crippen molar-refractivity contribution >= 4 is 5.91 Å². The van der Waals surface area contributed by atoms with E-state index in [0.717, 1.165) is 39.1 Å². The number of amides is 1. The fourth-order valence-electron chi connectivity index (χ4n) is 4.66. The summed E-state index contributed by atoms with van der Waals surface area (Å²) in [4.78, 5) is 17.5. The monoisotopic (exact) mass is 298 g/mol. The van der Waals surface area contributed by atoms with Crippen molar-refractivity contribution in [2.24, 2.45) is 5.92 Å². The molecule has 3 heteroatoms. The maximum atomic E-state index is 12.9. The molecule has 1 aromatic rings. The molecule has 1 aromatic carbocycles. The number of fused-ring (bicyclic) bond motifs is 2. The number of nitrogens with zero attached hydrogens (tertiary/aromatic N) is 2. The number of likely N-dealkylation sites (N-methyl/N-ethyl adjacent to an activating group) is 1. The Morgan fingerprint density at radius 3 is 2.77 bits per heavy atom. The minimum Gasteiger partial charge on any atom is -0.340 e. The molecular formula is C19H26N2O. The lowest BCUT2D eigenvalue weighted by atomic mass is 9.78. The van der Waals surface area contributed by atoms with Crippen LogP contribution in [0.3, 0.4) is 0 Å². The smallest absolute Gasteiger partial charge is 0.226 e. The number of hydrogen-bond donors (Lipinski definition) is 0. The first kappa shape index (κ1) is 14.3. The molecule has 2 unspecified atom stereocenters. The summed E-state index contributed by atoms with van der Waals surface area (Å²) in [5.74, 6) is 0.676. The summed E-state index contributed by atoms with van der Waals surface area (Å²) >= 11 is 0. The average Bonchev–Trinajstić information content (AvgIpc) is 3.29. The van der Waals surface area contributed by atoms with Crippen molar-refractivity contribution in [1.29, 1.82) is 0 Å². The van der Waals surface area contributed by atoms with Gasteiger partial charge in [-0.1, -0.05) is 31.2 Å². The maximum absolute atomic E-state index is 12.9. The third-order valence-electron chi connectivity index (χ3n) is 6.13. The summed E-state index contributed by atoms with van der Waals surface area (Å²) in [6.45, 7) is 7.22. The van der Waals surface area contributed by atoms with Crippen molar-refractivity contribution in [1.82, 2.24) is 9.80 Å². The van der Waals surface area contributed by atoms with E-state index < -0.39 is 0 Å². The standard InChI is InChI=1S/C19H26N2O/c1-2-20-10-12-21(13-11-20)18(22)17-14-19(17)9-5-7-15-6-3-4-8-16(15)19/h3-4,6,8,17H,2,5,7,9-14H2,1H3. The lowest BCUT2D eigenvalue weighted by Gasteiger charge is -2.35. The van der Waals surface area contributed by atoms with Crippen LogP contribution in [0.5, 0.6) is 0 Å². The molecule has 4 rings (SSSR count). The fraction of sp³-hybridized carbons (Fsp3) is 0.632. The van der Waals surface area contributed by atoms with Crippen LogP contribution < -0.4 is 0 Å². The van der Waals surface area contributed by atoms with Crippen LogP contribution in [0.1, 0.15) is 37.3 Å². The molecule has 2 atom stereocenters. The average molecular weight is 298 g/mol. The second-order valence-corrected chi connectivity index (χ2v) is 7.18. The summed E-state index contributed by atoms with van der Waals surface area (Å²) in [7, 11) is 0. The number of carbonyl (C=O) groups excluding carboxylic acids is 1. The van der Waals surface area contributed by atoms with Crippen molar-refractivity contribution in [2.45, 2.75) is 38.0 Å². The normalized spacial score (nSPS) is 31.1. The van der Waals surface area contributed by atoms with Gasteiger partial charge in [0.15, 0.2) is 0 Å². The van der Waals surface area contributed by atoms with Crippen molar-refractivity contribution in [2.75, 3.05) is 32.7 Å². The van der Waals surface area contributed by atoms with Crippen molar-refractivity contribution in [3.8, 4) is 0 Å². The zero-order valence-corrected chi connectivity index (χ0v) is 13.6. The van der Waals surface area contributed by atoms with Crippen molar-refractivity contribution in [3.63, 3.8) is 0 Å². The van der Waals surface area contributed by atoms with E-state index in [1.807, 2.05) is 0 Å². The van der Waals surface area contributed by atoms with E-state index in [9.17, 15) is 4.79 Å². The highest BCUT2D eigenvalue weighted by Gasteiger charge is 2.60. The van der Waals surface area contributed by atoms with Crippen LogP contribution in [0.4, 0.5) is 0 Å². The number of piperazine rings is 1. The van der Waals surface area contributed by atoms with E-state index in [4.69, 9.17) is 0 Å². The first-order valence-corrected chi connectivity index (χ1v) is 8.84. The first-order valence-electron chi connectivity index (χ1n) is 8.84. The van der Waals surface area contributed by atoms with Gasteiger partial charge in [-0.2, -0.15) is 0 Å². The highest BCUT2D eigenvalue weighted by molar-refractivity contribution is 5.85. The third kappa shape index (κ3) is 2.18. The van der Waals surface area contributed by atoms with Gasteiger partial charge < -0.3 is 9.80 Å². The Labute approximate surface area is 133 Å². The van der Waals surface area contributed by atoms with Gasteiger partial charge in [0.05, 0.1) is 0 Å². The Morgan fingerprint density at radius 1 is 1.23 bits per heavy atom. The molecule has 1 heterocycles. The van der Waals surface area contributed by atoms with E-state index in [1.54, 1.807) is 0 Å². The van der Waals surface area contributed by atoms with Gasteiger partial charge in [-0.15, -0.1) is 0 Å². The number of hydrogen-bond acceptors (Lipinski definition) is 2. The molecule has 0 radical (unpaired) electrons. The molecule has 1 spiro atoms. The largest absolute Gasteiger partial charge is 0.340 e. The second-order valence-electron chi connectivity index (χ2n) is 7.18. The van der Waals surface area contributed by atoms with E-state index >= 15 is 0 Å². The van der Waals surface area contributed by atoms with Gasteiger partial charge >= 0.3 is 0 Å². The van der Waals surface area contributed by atoms with Crippen LogP contribution in [0.25, 0.3) is 0 Å². The number of rotatable bonds is 2. The Morgan fingerprint density at radius 2 is 2.00 bits per heavy atom. The summed E-state index contributed by atoms with van der Waals surface area (Å²) < 4.78 is 0. The van der Waals surface area contributed by atoms with Gasteiger partial charge in [0.2, 0.25) is 5.91 Å². The minimum atomic E-state index is 0.188. The van der Waals surface area contributed by atoms with Crippen LogP contribution in [-0.4, -0.2) is 48.4 Å². The molecule has 1 saturated carbocycles. The zero-order chi connectivity index (χ0) is 15.2. The molecule has 3 nitrogen and oxygen atoms in total. The highest BCUT2D eigenvalue weighted by atomic mass is 16.2. The Bertz CT molecular complexity index is 577. The van der Waals surface area contributed by atoms with Crippen molar-refractivity contribution < 1.29 is 4.79 Å². The third-order valence-corrected chi connectivity index (χ3v) is 6.13. The lowest BCUT2D eigenvalue weighted by Crippen LogP contribution is -2.49. The predicted octanol–water partition coefficient (Wildman–Crippen LogP) is 2.44. The van der Waals surface area contributed by atoms with Gasteiger partial charge in [0.1, 0.15) is 0 Å². The van der Waals surface area contributed by atoms with Gasteiger partial charge in [-0.3, -0.25) is 4.79 Å². The van der Waals surface area contributed by atoms with E-state index in [0.29, 0.717) is 5.91 Å². The lowest BCUT2D eigenvalue weighted by molar-refractivity contribution is -0.134. The summed E-state index contributed by atoms with van der Waals surface area (Å²) in [6, 6.07) is 8.82. The van der Waals surface area contributed by atoms with E-state index in [1.165, 1.54) is 30.4 Å². The minimum absolute atomic E-state index is 0.188. The topological polar surface area (TPSA) is 23.6 Å². The quantitative estimate of drug-likeness (QED) is 0.837. The first-order chi connectivity index (χ1) is 10.7. The van der Waals surface area contributed by atoms with Crippen LogP contribution in [0.15, 0.2) is 24.3 Å². The van der Waals surface area contributed by atoms with Gasteiger partial charge in [0, 0.05) is 37.5 Å². The maximum Gasteiger partial charge on any atom is 0.226 e. The van der Waals surface area contributed by atoms with E-state index in [2.05, 4.69) is 41.0 Å².